The van der Waals surface area contributed by atoms with E-state index >= 15 is 0 Å². The van der Waals surface area contributed by atoms with Crippen LogP contribution in [0.1, 0.15) is 84.5 Å². The third kappa shape index (κ3) is 3.44. The molecule has 5 fully saturated rings. The van der Waals surface area contributed by atoms with Crippen molar-refractivity contribution in [2.24, 2.45) is 58.7 Å². The van der Waals surface area contributed by atoms with E-state index in [1.54, 1.807) is 0 Å². The normalized spacial score (nSPS) is 51.1. The molecule has 0 spiro atoms. The van der Waals surface area contributed by atoms with Crippen LogP contribution in [0.15, 0.2) is 23.8 Å². The molecule has 0 aromatic rings. The van der Waals surface area contributed by atoms with Crippen LogP contribution in [0.25, 0.3) is 0 Å². The number of allylic oxidation sites excluding steroid dienone is 2. The lowest BCUT2D eigenvalue weighted by atomic mass is 9.50. The summed E-state index contributed by atoms with van der Waals surface area (Å²) >= 11 is 0. The Morgan fingerprint density at radius 2 is 1.74 bits per heavy atom. The van der Waals surface area contributed by atoms with Gasteiger partial charge in [-0.2, -0.15) is 0 Å². The van der Waals surface area contributed by atoms with Crippen LogP contribution >= 0.6 is 0 Å². The molecule has 190 valence electrons. The molecule has 0 amide bonds. The van der Waals surface area contributed by atoms with E-state index in [9.17, 15) is 9.59 Å². The summed E-state index contributed by atoms with van der Waals surface area (Å²) < 4.78 is 11.9. The quantitative estimate of drug-likeness (QED) is 0.355. The maximum Gasteiger partial charge on any atom is 0.309 e. The summed E-state index contributed by atoms with van der Waals surface area (Å²) in [6, 6.07) is 0. The number of hydrogen-bond acceptors (Lipinski definition) is 4. The molecule has 0 aromatic carbocycles. The maximum atomic E-state index is 13.5. The van der Waals surface area contributed by atoms with Crippen molar-refractivity contribution in [1.82, 2.24) is 0 Å². The van der Waals surface area contributed by atoms with Crippen LogP contribution in [0, 0.1) is 58.7 Å². The van der Waals surface area contributed by atoms with E-state index in [1.807, 2.05) is 0 Å². The van der Waals surface area contributed by atoms with E-state index in [2.05, 4.69) is 25.2 Å². The highest BCUT2D eigenvalue weighted by Gasteiger charge is 2.57. The zero-order valence-electron chi connectivity index (χ0n) is 21.5. The molecule has 2 bridgehead atoms. The molecule has 4 heteroatoms. The molecular weight excluding hydrogens is 436 g/mol. The Hall–Kier alpha value is -1.58. The topological polar surface area (TPSA) is 52.6 Å². The van der Waals surface area contributed by atoms with Gasteiger partial charge in [-0.3, -0.25) is 9.59 Å². The average Bonchev–Trinajstić information content (AvgIpc) is 3.61. The van der Waals surface area contributed by atoms with Gasteiger partial charge in [0.2, 0.25) is 0 Å². The van der Waals surface area contributed by atoms with Gasteiger partial charge in [-0.1, -0.05) is 24.6 Å². The number of esters is 2. The molecule has 0 radical (unpaired) electrons. The monoisotopic (exact) mass is 478 g/mol. The summed E-state index contributed by atoms with van der Waals surface area (Å²) in [5, 5.41) is 0. The number of hydrogen-bond donors (Lipinski definition) is 0. The number of ether oxygens (including phenoxy) is 2. The zero-order valence-corrected chi connectivity index (χ0v) is 21.5. The van der Waals surface area contributed by atoms with E-state index in [1.165, 1.54) is 51.0 Å². The molecule has 5 saturated carbocycles. The maximum absolute atomic E-state index is 13.5. The molecule has 0 saturated heterocycles. The van der Waals surface area contributed by atoms with Crippen molar-refractivity contribution in [3.63, 3.8) is 0 Å². The Morgan fingerprint density at radius 3 is 2.60 bits per heavy atom. The SMILES string of the molecule is CC(=O)OC1CCC2(C)C(=CCC3C4CCC(C(=O)OC5C=CC6C7CCC(C7)C56)C4CCC32)C1. The van der Waals surface area contributed by atoms with Crippen LogP contribution in [0.4, 0.5) is 0 Å². The Bertz CT molecular complexity index is 965. The second kappa shape index (κ2) is 8.21. The molecule has 12 unspecified atom stereocenters. The second-order valence-electron chi connectivity index (χ2n) is 13.5. The molecule has 7 aliphatic rings. The van der Waals surface area contributed by atoms with Crippen LogP contribution in [0.3, 0.4) is 0 Å². The van der Waals surface area contributed by atoms with Crippen molar-refractivity contribution in [1.29, 1.82) is 0 Å². The Balaban J connectivity index is 1.03. The van der Waals surface area contributed by atoms with Crippen molar-refractivity contribution >= 4 is 11.9 Å². The first-order chi connectivity index (χ1) is 16.9. The van der Waals surface area contributed by atoms with Gasteiger partial charge in [0.05, 0.1) is 5.92 Å². The van der Waals surface area contributed by atoms with Gasteiger partial charge in [0.1, 0.15) is 12.2 Å². The molecule has 0 aliphatic heterocycles. The lowest BCUT2D eigenvalue weighted by Gasteiger charge is -2.55. The molecule has 0 heterocycles. The number of fused-ring (bicyclic) bond motifs is 10. The van der Waals surface area contributed by atoms with E-state index in [0.717, 1.165) is 43.9 Å². The van der Waals surface area contributed by atoms with E-state index in [-0.39, 0.29) is 35.5 Å². The largest absolute Gasteiger partial charge is 0.462 e. The van der Waals surface area contributed by atoms with Gasteiger partial charge in [-0.15, -0.1) is 0 Å². The smallest absolute Gasteiger partial charge is 0.309 e. The van der Waals surface area contributed by atoms with E-state index < -0.39 is 0 Å². The van der Waals surface area contributed by atoms with Crippen molar-refractivity contribution < 1.29 is 19.1 Å². The number of rotatable bonds is 3. The van der Waals surface area contributed by atoms with Gasteiger partial charge in [-0.05, 0) is 117 Å². The molecule has 4 nitrogen and oxygen atoms in total. The van der Waals surface area contributed by atoms with Gasteiger partial charge in [-0.25, -0.2) is 0 Å². The van der Waals surface area contributed by atoms with Crippen molar-refractivity contribution in [2.75, 3.05) is 0 Å². The molecular formula is C31H42O4. The standard InChI is InChI=1S/C31H42O4/c1-17(32)34-21-13-14-31(2)20(16-21)5-6-25-23-7-8-26(24(23)9-11-27(25)31)30(33)35-28-12-10-22-18-3-4-19(15-18)29(22)28/h5,10,12,18-19,21-29H,3-4,6-9,11,13-16H2,1-2H3. The predicted molar refractivity (Wildman–Crippen MR) is 133 cm³/mol. The molecule has 12 atom stereocenters. The Kier molecular flexibility index (Phi) is 5.31. The fourth-order valence-electron chi connectivity index (χ4n) is 10.8. The summed E-state index contributed by atoms with van der Waals surface area (Å²) in [5.74, 6) is 5.57. The van der Waals surface area contributed by atoms with Gasteiger partial charge < -0.3 is 9.47 Å². The Labute approximate surface area is 210 Å². The van der Waals surface area contributed by atoms with Gasteiger partial charge in [0, 0.05) is 19.3 Å². The number of carbonyl (C=O) groups excluding carboxylic acids is 2. The molecule has 35 heavy (non-hydrogen) atoms. The fourth-order valence-corrected chi connectivity index (χ4v) is 10.8. The highest BCUT2D eigenvalue weighted by molar-refractivity contribution is 5.74. The van der Waals surface area contributed by atoms with Gasteiger partial charge in [0.25, 0.3) is 0 Å². The summed E-state index contributed by atoms with van der Waals surface area (Å²) in [7, 11) is 0. The third-order valence-corrected chi connectivity index (χ3v) is 12.2. The average molecular weight is 479 g/mol. The van der Waals surface area contributed by atoms with Crippen molar-refractivity contribution in [2.45, 2.75) is 96.7 Å². The van der Waals surface area contributed by atoms with Crippen LogP contribution in [0.2, 0.25) is 0 Å². The molecule has 0 N–H and O–H groups in total. The van der Waals surface area contributed by atoms with Crippen molar-refractivity contribution in [3.8, 4) is 0 Å². The Morgan fingerprint density at radius 1 is 0.914 bits per heavy atom. The van der Waals surface area contributed by atoms with Crippen LogP contribution in [-0.2, 0) is 19.1 Å². The summed E-state index contributed by atoms with van der Waals surface area (Å²) in [5.41, 5.74) is 1.78. The van der Waals surface area contributed by atoms with Crippen LogP contribution in [-0.4, -0.2) is 24.1 Å². The minimum atomic E-state index is -0.152. The van der Waals surface area contributed by atoms with Crippen molar-refractivity contribution in [3.05, 3.63) is 23.8 Å². The molecule has 7 rings (SSSR count). The summed E-state index contributed by atoms with van der Waals surface area (Å²) in [6.45, 7) is 4.01. The van der Waals surface area contributed by atoms with Gasteiger partial charge in [0.15, 0.2) is 0 Å². The van der Waals surface area contributed by atoms with Crippen LogP contribution in [0.5, 0.6) is 0 Å². The first kappa shape index (κ1) is 22.6. The second-order valence-corrected chi connectivity index (χ2v) is 13.5. The fraction of sp³-hybridized carbons (Fsp3) is 0.806. The van der Waals surface area contributed by atoms with E-state index in [0.29, 0.717) is 35.5 Å². The minimum absolute atomic E-state index is 0.0460. The van der Waals surface area contributed by atoms with Crippen LogP contribution < -0.4 is 0 Å². The third-order valence-electron chi connectivity index (χ3n) is 12.2. The molecule has 7 aliphatic carbocycles. The molecule has 0 aromatic heterocycles. The predicted octanol–water partition coefficient (Wildman–Crippen LogP) is 6.25. The lowest BCUT2D eigenvalue weighted by molar-refractivity contribution is -0.158. The highest BCUT2D eigenvalue weighted by atomic mass is 16.5. The summed E-state index contributed by atoms with van der Waals surface area (Å²) in [6.07, 6.45) is 20.1. The highest BCUT2D eigenvalue weighted by Crippen LogP contribution is 2.63. The van der Waals surface area contributed by atoms with E-state index in [4.69, 9.17) is 9.47 Å². The first-order valence-electron chi connectivity index (χ1n) is 14.7. The first-order valence-corrected chi connectivity index (χ1v) is 14.7. The summed E-state index contributed by atoms with van der Waals surface area (Å²) in [4.78, 5) is 25.0. The minimum Gasteiger partial charge on any atom is -0.462 e. The number of carbonyl (C=O) groups is 2. The zero-order chi connectivity index (χ0) is 23.9. The lowest BCUT2D eigenvalue weighted by Crippen LogP contribution is -2.48. The van der Waals surface area contributed by atoms with Gasteiger partial charge >= 0.3 is 11.9 Å².